The molecular formula is C13H10N6O2. The van der Waals surface area contributed by atoms with Crippen LogP contribution in [0.3, 0.4) is 0 Å². The molecule has 104 valence electrons. The van der Waals surface area contributed by atoms with Crippen molar-refractivity contribution in [3.63, 3.8) is 0 Å². The summed E-state index contributed by atoms with van der Waals surface area (Å²) in [5.41, 5.74) is 1.70. The van der Waals surface area contributed by atoms with Gasteiger partial charge >= 0.3 is 0 Å². The second-order valence-corrected chi connectivity index (χ2v) is 4.31. The van der Waals surface area contributed by atoms with Crippen molar-refractivity contribution in [3.8, 4) is 11.4 Å². The summed E-state index contributed by atoms with van der Waals surface area (Å²) in [7, 11) is 0. The molecule has 0 spiro atoms. The van der Waals surface area contributed by atoms with Crippen LogP contribution in [0.25, 0.3) is 11.4 Å². The van der Waals surface area contributed by atoms with Crippen molar-refractivity contribution in [2.45, 2.75) is 6.54 Å². The Morgan fingerprint density at radius 2 is 2.00 bits per heavy atom. The number of non-ortho nitro benzene ring substituents is 1. The van der Waals surface area contributed by atoms with Crippen LogP contribution < -0.4 is 0 Å². The van der Waals surface area contributed by atoms with Crippen molar-refractivity contribution in [3.05, 3.63) is 64.5 Å². The number of rotatable bonds is 4. The molecule has 0 unspecified atom stereocenters. The van der Waals surface area contributed by atoms with E-state index in [0.29, 0.717) is 12.4 Å². The van der Waals surface area contributed by atoms with E-state index in [-0.39, 0.29) is 5.69 Å². The molecule has 1 aromatic carbocycles. The lowest BCUT2D eigenvalue weighted by Gasteiger charge is -1.99. The van der Waals surface area contributed by atoms with E-state index in [2.05, 4.69) is 20.4 Å². The molecule has 0 amide bonds. The first-order chi connectivity index (χ1) is 10.2. The Morgan fingerprint density at radius 3 is 2.67 bits per heavy atom. The molecule has 0 aliphatic rings. The fraction of sp³-hybridized carbons (Fsp3) is 0.0769. The first-order valence-corrected chi connectivity index (χ1v) is 6.14. The van der Waals surface area contributed by atoms with E-state index in [1.165, 1.54) is 16.9 Å². The molecule has 0 N–H and O–H groups in total. The largest absolute Gasteiger partial charge is 0.269 e. The van der Waals surface area contributed by atoms with Crippen LogP contribution in [-0.2, 0) is 6.54 Å². The standard InChI is InChI=1S/C13H10N6O2/c20-19(21)12-5-3-10(4-6-12)9-18-16-13(15-17-18)11-2-1-7-14-8-11/h1-8H,9H2. The van der Waals surface area contributed by atoms with Crippen LogP contribution >= 0.6 is 0 Å². The highest BCUT2D eigenvalue weighted by atomic mass is 16.6. The van der Waals surface area contributed by atoms with E-state index in [4.69, 9.17) is 0 Å². The monoisotopic (exact) mass is 282 g/mol. The molecule has 3 rings (SSSR count). The fourth-order valence-corrected chi connectivity index (χ4v) is 1.81. The Bertz CT molecular complexity index is 754. The third kappa shape index (κ3) is 2.89. The maximum Gasteiger partial charge on any atom is 0.269 e. The van der Waals surface area contributed by atoms with Gasteiger partial charge in [-0.2, -0.15) is 4.80 Å². The van der Waals surface area contributed by atoms with Gasteiger partial charge in [-0.15, -0.1) is 10.2 Å². The number of hydrogen-bond acceptors (Lipinski definition) is 6. The maximum absolute atomic E-state index is 10.6. The van der Waals surface area contributed by atoms with Crippen LogP contribution in [0.2, 0.25) is 0 Å². The SMILES string of the molecule is O=[N+]([O-])c1ccc(Cn2nnc(-c3cccnc3)n2)cc1. The Balaban J connectivity index is 1.77. The van der Waals surface area contributed by atoms with Gasteiger partial charge in [0.05, 0.1) is 11.5 Å². The van der Waals surface area contributed by atoms with E-state index >= 15 is 0 Å². The molecule has 8 nitrogen and oxygen atoms in total. The maximum atomic E-state index is 10.6. The van der Waals surface area contributed by atoms with Crippen LogP contribution in [0.15, 0.2) is 48.8 Å². The molecule has 0 aliphatic heterocycles. The van der Waals surface area contributed by atoms with Gasteiger partial charge in [0, 0.05) is 30.1 Å². The van der Waals surface area contributed by atoms with Gasteiger partial charge < -0.3 is 0 Å². The predicted molar refractivity (Wildman–Crippen MR) is 73.2 cm³/mol. The Hall–Kier alpha value is -3.16. The Labute approximate surface area is 119 Å². The molecule has 3 aromatic rings. The number of nitro benzene ring substituents is 1. The van der Waals surface area contributed by atoms with Crippen LogP contribution in [-0.4, -0.2) is 30.1 Å². The number of nitro groups is 1. The normalized spacial score (nSPS) is 10.5. The number of benzene rings is 1. The summed E-state index contributed by atoms with van der Waals surface area (Å²) in [4.78, 5) is 15.6. The van der Waals surface area contributed by atoms with Gasteiger partial charge in [-0.05, 0) is 22.9 Å². The molecule has 0 atom stereocenters. The van der Waals surface area contributed by atoms with E-state index in [0.717, 1.165) is 11.1 Å². The second kappa shape index (κ2) is 5.45. The van der Waals surface area contributed by atoms with E-state index in [9.17, 15) is 10.1 Å². The lowest BCUT2D eigenvalue weighted by molar-refractivity contribution is -0.384. The summed E-state index contributed by atoms with van der Waals surface area (Å²) in [6.07, 6.45) is 3.33. The molecule has 8 heteroatoms. The fourth-order valence-electron chi connectivity index (χ4n) is 1.81. The molecule has 0 fully saturated rings. The van der Waals surface area contributed by atoms with Gasteiger partial charge in [-0.1, -0.05) is 12.1 Å². The molecular weight excluding hydrogens is 272 g/mol. The summed E-state index contributed by atoms with van der Waals surface area (Å²) >= 11 is 0. The highest BCUT2D eigenvalue weighted by Gasteiger charge is 2.08. The van der Waals surface area contributed by atoms with Gasteiger partial charge in [-0.3, -0.25) is 15.1 Å². The number of hydrogen-bond donors (Lipinski definition) is 0. The number of pyridine rings is 1. The summed E-state index contributed by atoms with van der Waals surface area (Å²) in [6.45, 7) is 0.394. The highest BCUT2D eigenvalue weighted by molar-refractivity contribution is 5.51. The first kappa shape index (κ1) is 12.9. The average molecular weight is 282 g/mol. The Kier molecular flexibility index (Phi) is 3.34. The minimum atomic E-state index is -0.433. The molecule has 2 heterocycles. The first-order valence-electron chi connectivity index (χ1n) is 6.14. The van der Waals surface area contributed by atoms with E-state index in [1.54, 1.807) is 30.6 Å². The van der Waals surface area contributed by atoms with Crippen molar-refractivity contribution >= 4 is 5.69 Å². The molecule has 21 heavy (non-hydrogen) atoms. The van der Waals surface area contributed by atoms with Crippen LogP contribution in [0.5, 0.6) is 0 Å². The molecule has 2 aromatic heterocycles. The van der Waals surface area contributed by atoms with Crippen LogP contribution in [0, 0.1) is 10.1 Å². The third-order valence-electron chi connectivity index (χ3n) is 2.84. The molecule has 0 saturated heterocycles. The number of nitrogens with zero attached hydrogens (tertiary/aromatic N) is 6. The van der Waals surface area contributed by atoms with Crippen molar-refractivity contribution in [2.24, 2.45) is 0 Å². The molecule has 0 bridgehead atoms. The number of aromatic nitrogens is 5. The van der Waals surface area contributed by atoms with Crippen molar-refractivity contribution < 1.29 is 4.92 Å². The lowest BCUT2D eigenvalue weighted by atomic mass is 10.2. The van der Waals surface area contributed by atoms with Gasteiger partial charge in [0.25, 0.3) is 5.69 Å². The molecule has 0 saturated carbocycles. The lowest BCUT2D eigenvalue weighted by Crippen LogP contribution is -2.04. The van der Waals surface area contributed by atoms with Gasteiger partial charge in [0.2, 0.25) is 5.82 Å². The van der Waals surface area contributed by atoms with Crippen molar-refractivity contribution in [1.29, 1.82) is 0 Å². The summed E-state index contributed by atoms with van der Waals surface area (Å²) in [5, 5.41) is 22.8. The van der Waals surface area contributed by atoms with Gasteiger partial charge in [-0.25, -0.2) is 0 Å². The van der Waals surface area contributed by atoms with Crippen LogP contribution in [0.1, 0.15) is 5.56 Å². The van der Waals surface area contributed by atoms with Crippen LogP contribution in [0.4, 0.5) is 5.69 Å². The number of tetrazole rings is 1. The quantitative estimate of drug-likeness (QED) is 0.533. The predicted octanol–water partition coefficient (Wildman–Crippen LogP) is 1.69. The van der Waals surface area contributed by atoms with Gasteiger partial charge in [0.1, 0.15) is 0 Å². The molecule has 0 aliphatic carbocycles. The van der Waals surface area contributed by atoms with E-state index < -0.39 is 4.92 Å². The van der Waals surface area contributed by atoms with Gasteiger partial charge in [0.15, 0.2) is 0 Å². The zero-order chi connectivity index (χ0) is 14.7. The zero-order valence-corrected chi connectivity index (χ0v) is 10.8. The summed E-state index contributed by atoms with van der Waals surface area (Å²) in [5.74, 6) is 0.491. The minimum Gasteiger partial charge on any atom is -0.264 e. The van der Waals surface area contributed by atoms with Crippen molar-refractivity contribution in [2.75, 3.05) is 0 Å². The highest BCUT2D eigenvalue weighted by Crippen LogP contribution is 2.13. The summed E-state index contributed by atoms with van der Waals surface area (Å²) < 4.78 is 0. The minimum absolute atomic E-state index is 0.0568. The smallest absolute Gasteiger partial charge is 0.264 e. The Morgan fingerprint density at radius 1 is 1.19 bits per heavy atom. The third-order valence-corrected chi connectivity index (χ3v) is 2.84. The van der Waals surface area contributed by atoms with Crippen molar-refractivity contribution in [1.82, 2.24) is 25.2 Å². The average Bonchev–Trinajstić information content (AvgIpc) is 2.97. The second-order valence-electron chi connectivity index (χ2n) is 4.31. The summed E-state index contributed by atoms with van der Waals surface area (Å²) in [6, 6.07) is 9.89. The van der Waals surface area contributed by atoms with E-state index in [1.807, 2.05) is 6.07 Å². The zero-order valence-electron chi connectivity index (χ0n) is 10.8. The topological polar surface area (TPSA) is 99.6 Å². The molecule has 0 radical (unpaired) electrons.